The Balaban J connectivity index is 0.00000261. The van der Waals surface area contributed by atoms with Crippen molar-refractivity contribution in [3.8, 4) is 0 Å². The summed E-state index contributed by atoms with van der Waals surface area (Å²) in [4.78, 5) is 7.27. The number of rotatable bonds is 6. The molecular formula is C19H35IN6O. The molecule has 0 aromatic carbocycles. The minimum Gasteiger partial charge on any atom is -0.393 e. The molecule has 1 aliphatic heterocycles. The number of aliphatic imine (C=N–C) groups is 1. The lowest BCUT2D eigenvalue weighted by atomic mass is 9.89. The molecule has 8 heteroatoms. The fourth-order valence-electron chi connectivity index (χ4n) is 3.96. The van der Waals surface area contributed by atoms with Gasteiger partial charge >= 0.3 is 0 Å². The highest BCUT2D eigenvalue weighted by atomic mass is 127. The molecule has 0 spiro atoms. The van der Waals surface area contributed by atoms with Crippen LogP contribution in [0.4, 0.5) is 0 Å². The topological polar surface area (TPSA) is 78.6 Å². The number of guanidine groups is 1. The van der Waals surface area contributed by atoms with Gasteiger partial charge in [-0.15, -0.1) is 34.2 Å². The van der Waals surface area contributed by atoms with Gasteiger partial charge in [-0.2, -0.15) is 0 Å². The van der Waals surface area contributed by atoms with Crippen molar-refractivity contribution in [2.45, 2.75) is 70.9 Å². The van der Waals surface area contributed by atoms with E-state index in [2.05, 4.69) is 31.9 Å². The highest BCUT2D eigenvalue weighted by Crippen LogP contribution is 2.23. The third-order valence-electron chi connectivity index (χ3n) is 5.64. The van der Waals surface area contributed by atoms with Gasteiger partial charge in [-0.25, -0.2) is 0 Å². The molecule has 2 heterocycles. The lowest BCUT2D eigenvalue weighted by Gasteiger charge is -2.33. The summed E-state index contributed by atoms with van der Waals surface area (Å²) >= 11 is 0. The van der Waals surface area contributed by atoms with Crippen LogP contribution >= 0.6 is 24.0 Å². The van der Waals surface area contributed by atoms with Crippen LogP contribution in [-0.2, 0) is 13.0 Å². The van der Waals surface area contributed by atoms with E-state index >= 15 is 0 Å². The molecule has 2 aliphatic rings. The Morgan fingerprint density at radius 2 is 1.96 bits per heavy atom. The van der Waals surface area contributed by atoms with E-state index in [9.17, 15) is 5.11 Å². The van der Waals surface area contributed by atoms with Gasteiger partial charge in [0.25, 0.3) is 0 Å². The number of piperidine rings is 1. The molecule has 0 radical (unpaired) electrons. The summed E-state index contributed by atoms with van der Waals surface area (Å²) in [5.41, 5.74) is 0. The molecule has 1 aromatic heterocycles. The number of nitrogens with zero attached hydrogens (tertiary/aromatic N) is 5. The van der Waals surface area contributed by atoms with E-state index in [1.165, 1.54) is 32.1 Å². The average Bonchev–Trinajstić information content (AvgIpc) is 3.13. The minimum absolute atomic E-state index is 0. The highest BCUT2D eigenvalue weighted by molar-refractivity contribution is 14.0. The third kappa shape index (κ3) is 6.89. The van der Waals surface area contributed by atoms with Gasteiger partial charge in [-0.3, -0.25) is 4.99 Å². The van der Waals surface area contributed by atoms with Crippen LogP contribution in [0.3, 0.4) is 0 Å². The molecule has 1 aromatic rings. The summed E-state index contributed by atoms with van der Waals surface area (Å²) in [6.45, 7) is 6.44. The molecule has 0 atom stereocenters. The van der Waals surface area contributed by atoms with Gasteiger partial charge in [0.15, 0.2) is 5.96 Å². The molecule has 154 valence electrons. The van der Waals surface area contributed by atoms with Crippen molar-refractivity contribution in [2.24, 2.45) is 10.9 Å². The Labute approximate surface area is 180 Å². The molecule has 0 unspecified atom stereocenters. The molecule has 0 bridgehead atoms. The summed E-state index contributed by atoms with van der Waals surface area (Å²) in [6.07, 6.45) is 10.9. The Hall–Kier alpha value is -0.900. The number of aryl methyl sites for hydroxylation is 1. The first kappa shape index (κ1) is 22.4. The molecule has 27 heavy (non-hydrogen) atoms. The zero-order chi connectivity index (χ0) is 18.2. The molecule has 1 saturated heterocycles. The maximum atomic E-state index is 9.80. The van der Waals surface area contributed by atoms with E-state index in [-0.39, 0.29) is 30.1 Å². The zero-order valence-corrected chi connectivity index (χ0v) is 18.8. The van der Waals surface area contributed by atoms with E-state index in [1.54, 1.807) is 6.33 Å². The van der Waals surface area contributed by atoms with E-state index in [0.29, 0.717) is 0 Å². The Kier molecular flexibility index (Phi) is 9.81. The van der Waals surface area contributed by atoms with E-state index in [4.69, 9.17) is 4.99 Å². The van der Waals surface area contributed by atoms with E-state index < -0.39 is 0 Å². The van der Waals surface area contributed by atoms with Crippen LogP contribution < -0.4 is 5.32 Å². The van der Waals surface area contributed by atoms with Gasteiger partial charge in [0.05, 0.1) is 6.10 Å². The maximum Gasteiger partial charge on any atom is 0.193 e. The van der Waals surface area contributed by atoms with Crippen LogP contribution in [0.1, 0.15) is 57.7 Å². The number of aliphatic hydroxyl groups excluding tert-OH is 1. The quantitative estimate of drug-likeness (QED) is 0.364. The van der Waals surface area contributed by atoms with Crippen LogP contribution in [0, 0.1) is 5.92 Å². The first-order valence-corrected chi connectivity index (χ1v) is 10.3. The standard InChI is InChI=1S/C19H34N6O.HI/c1-2-18-23-22-15-25(18)13-10-20-19(24-11-8-17(26)9-12-24)21-14-16-6-4-3-5-7-16;/h15-17,26H,2-14H2,1H3,(H,20,21);1H. The van der Waals surface area contributed by atoms with Gasteiger partial charge in [0.2, 0.25) is 0 Å². The largest absolute Gasteiger partial charge is 0.393 e. The predicted molar refractivity (Wildman–Crippen MR) is 119 cm³/mol. The zero-order valence-electron chi connectivity index (χ0n) is 16.5. The third-order valence-corrected chi connectivity index (χ3v) is 5.64. The Morgan fingerprint density at radius 1 is 1.22 bits per heavy atom. The van der Waals surface area contributed by atoms with Crippen LogP contribution in [0.2, 0.25) is 0 Å². The molecule has 0 amide bonds. The van der Waals surface area contributed by atoms with E-state index in [0.717, 1.165) is 69.7 Å². The normalized spacial score (nSPS) is 19.8. The first-order chi connectivity index (χ1) is 12.8. The lowest BCUT2D eigenvalue weighted by molar-refractivity contribution is 0.108. The number of hydrogen-bond acceptors (Lipinski definition) is 4. The number of halogens is 1. The van der Waals surface area contributed by atoms with Gasteiger partial charge in [0.1, 0.15) is 12.2 Å². The molecule has 1 saturated carbocycles. The van der Waals surface area contributed by atoms with Crippen molar-refractivity contribution >= 4 is 29.9 Å². The predicted octanol–water partition coefficient (Wildman–Crippen LogP) is 2.44. The lowest BCUT2D eigenvalue weighted by Crippen LogP contribution is -2.47. The van der Waals surface area contributed by atoms with Gasteiger partial charge in [0, 0.05) is 39.1 Å². The number of aromatic nitrogens is 3. The number of likely N-dealkylation sites (tertiary alicyclic amines) is 1. The number of aliphatic hydroxyl groups is 1. The Bertz CT molecular complexity index is 564. The highest BCUT2D eigenvalue weighted by Gasteiger charge is 2.21. The second-order valence-corrected chi connectivity index (χ2v) is 7.61. The van der Waals surface area contributed by atoms with Crippen molar-refractivity contribution in [2.75, 3.05) is 26.2 Å². The number of hydrogen-bond donors (Lipinski definition) is 2. The summed E-state index contributed by atoms with van der Waals surface area (Å²) in [6, 6.07) is 0. The molecule has 2 N–H and O–H groups in total. The second-order valence-electron chi connectivity index (χ2n) is 7.61. The SMILES string of the molecule is CCc1nncn1CCNC(=NCC1CCCCC1)N1CCC(O)CC1.I. The van der Waals surface area contributed by atoms with Crippen molar-refractivity contribution in [3.63, 3.8) is 0 Å². The van der Waals surface area contributed by atoms with Gasteiger partial charge in [-0.1, -0.05) is 26.2 Å². The van der Waals surface area contributed by atoms with Crippen molar-refractivity contribution in [1.82, 2.24) is 25.0 Å². The number of nitrogens with one attached hydrogen (secondary N) is 1. The summed E-state index contributed by atoms with van der Waals surface area (Å²) in [5.74, 6) is 2.77. The van der Waals surface area contributed by atoms with Crippen LogP contribution in [0.15, 0.2) is 11.3 Å². The van der Waals surface area contributed by atoms with Gasteiger partial charge in [-0.05, 0) is 31.6 Å². The molecule has 2 fully saturated rings. The molecule has 3 rings (SSSR count). The Morgan fingerprint density at radius 3 is 2.67 bits per heavy atom. The molecular weight excluding hydrogens is 455 g/mol. The monoisotopic (exact) mass is 490 g/mol. The fourth-order valence-corrected chi connectivity index (χ4v) is 3.96. The summed E-state index contributed by atoms with van der Waals surface area (Å²) in [7, 11) is 0. The average molecular weight is 490 g/mol. The molecule has 7 nitrogen and oxygen atoms in total. The van der Waals surface area contributed by atoms with Crippen molar-refractivity contribution < 1.29 is 5.11 Å². The maximum absolute atomic E-state index is 9.80. The van der Waals surface area contributed by atoms with Crippen LogP contribution in [0.5, 0.6) is 0 Å². The molecule has 1 aliphatic carbocycles. The van der Waals surface area contributed by atoms with Gasteiger partial charge < -0.3 is 19.9 Å². The summed E-state index contributed by atoms with van der Waals surface area (Å²) in [5, 5.41) is 21.5. The minimum atomic E-state index is -0.157. The first-order valence-electron chi connectivity index (χ1n) is 10.3. The van der Waals surface area contributed by atoms with Crippen LogP contribution in [-0.4, -0.2) is 63.0 Å². The fraction of sp³-hybridized carbons (Fsp3) is 0.842. The van der Waals surface area contributed by atoms with Crippen LogP contribution in [0.25, 0.3) is 0 Å². The van der Waals surface area contributed by atoms with E-state index in [1.807, 2.05) is 0 Å². The second kappa shape index (κ2) is 11.8. The van der Waals surface area contributed by atoms with Crippen molar-refractivity contribution in [1.29, 1.82) is 0 Å². The van der Waals surface area contributed by atoms with Crippen molar-refractivity contribution in [3.05, 3.63) is 12.2 Å². The summed E-state index contributed by atoms with van der Waals surface area (Å²) < 4.78 is 2.10. The smallest absolute Gasteiger partial charge is 0.193 e.